The van der Waals surface area contributed by atoms with Gasteiger partial charge in [0.15, 0.2) is 0 Å². The monoisotopic (exact) mass is 286 g/mol. The minimum absolute atomic E-state index is 0.0516. The van der Waals surface area contributed by atoms with Gasteiger partial charge in [-0.25, -0.2) is 4.98 Å². The molecule has 0 aliphatic heterocycles. The minimum atomic E-state index is -0.0516. The highest BCUT2D eigenvalue weighted by molar-refractivity contribution is 5.90. The van der Waals surface area contributed by atoms with Crippen molar-refractivity contribution >= 4 is 11.6 Å². The number of rotatable bonds is 7. The van der Waals surface area contributed by atoms with Gasteiger partial charge in [0.2, 0.25) is 5.91 Å². The molecule has 112 valence electrons. The lowest BCUT2D eigenvalue weighted by atomic mass is 10.2. The first-order valence-electron chi connectivity index (χ1n) is 7.21. The molecule has 5 nitrogen and oxygen atoms in total. The molecule has 1 aromatic carbocycles. The van der Waals surface area contributed by atoms with Crippen LogP contribution in [0.4, 0.5) is 5.69 Å². The number of carbonyl (C=O) groups excluding carboxylic acids is 1. The van der Waals surface area contributed by atoms with Gasteiger partial charge in [0.25, 0.3) is 0 Å². The summed E-state index contributed by atoms with van der Waals surface area (Å²) < 4.78 is 1.87. The molecule has 0 radical (unpaired) electrons. The third-order valence-corrected chi connectivity index (χ3v) is 3.01. The molecule has 0 saturated heterocycles. The zero-order chi connectivity index (χ0) is 15.1. The zero-order valence-electron chi connectivity index (χ0n) is 12.5. The highest BCUT2D eigenvalue weighted by atomic mass is 16.1. The van der Waals surface area contributed by atoms with Crippen LogP contribution in [0.3, 0.4) is 0 Å². The van der Waals surface area contributed by atoms with Gasteiger partial charge in [0, 0.05) is 18.1 Å². The summed E-state index contributed by atoms with van der Waals surface area (Å²) in [6.45, 7) is 6.19. The first-order valence-corrected chi connectivity index (χ1v) is 7.21. The Bertz CT molecular complexity index is 563. The van der Waals surface area contributed by atoms with Crippen LogP contribution in [-0.2, 0) is 17.9 Å². The molecule has 1 aromatic heterocycles. The summed E-state index contributed by atoms with van der Waals surface area (Å²) in [6.07, 6.45) is 3.55. The van der Waals surface area contributed by atoms with E-state index in [0.717, 1.165) is 18.1 Å². The van der Waals surface area contributed by atoms with E-state index in [1.165, 1.54) is 0 Å². The topological polar surface area (TPSA) is 59.0 Å². The van der Waals surface area contributed by atoms with Crippen LogP contribution in [0.2, 0.25) is 0 Å². The van der Waals surface area contributed by atoms with E-state index in [9.17, 15) is 4.79 Å². The first kappa shape index (κ1) is 15.3. The number of aromatic nitrogens is 2. The van der Waals surface area contributed by atoms with E-state index in [2.05, 4.69) is 29.5 Å². The van der Waals surface area contributed by atoms with Gasteiger partial charge in [-0.2, -0.15) is 0 Å². The number of hydrogen-bond acceptors (Lipinski definition) is 3. The van der Waals surface area contributed by atoms with E-state index < -0.39 is 0 Å². The van der Waals surface area contributed by atoms with Crippen molar-refractivity contribution in [1.29, 1.82) is 0 Å². The van der Waals surface area contributed by atoms with Crippen LogP contribution in [0, 0.1) is 5.92 Å². The van der Waals surface area contributed by atoms with Crippen LogP contribution in [0.5, 0.6) is 0 Å². The van der Waals surface area contributed by atoms with Gasteiger partial charge in [-0.15, -0.1) is 0 Å². The van der Waals surface area contributed by atoms with Gasteiger partial charge >= 0.3 is 0 Å². The molecule has 0 spiro atoms. The predicted molar refractivity (Wildman–Crippen MR) is 83.8 cm³/mol. The number of para-hydroxylation sites is 1. The fraction of sp³-hybridized carbons (Fsp3) is 0.375. The van der Waals surface area contributed by atoms with E-state index in [1.54, 1.807) is 6.20 Å². The standard InChI is InChI=1S/C16H22N4O/c1-13(2)10-17-11-15-18-8-9-20(15)12-16(21)19-14-6-4-3-5-7-14/h3-9,13,17H,10-12H2,1-2H3,(H,19,21). The Morgan fingerprint density at radius 1 is 1.29 bits per heavy atom. The fourth-order valence-corrected chi connectivity index (χ4v) is 2.00. The van der Waals surface area contributed by atoms with Gasteiger partial charge < -0.3 is 15.2 Å². The molecule has 2 N–H and O–H groups in total. The van der Waals surface area contributed by atoms with Crippen LogP contribution in [0.1, 0.15) is 19.7 Å². The van der Waals surface area contributed by atoms with Crippen LogP contribution >= 0.6 is 0 Å². The van der Waals surface area contributed by atoms with Gasteiger partial charge in [-0.3, -0.25) is 4.79 Å². The lowest BCUT2D eigenvalue weighted by molar-refractivity contribution is -0.116. The molecule has 21 heavy (non-hydrogen) atoms. The number of amides is 1. The third kappa shape index (κ3) is 5.04. The number of imidazole rings is 1. The fourth-order valence-electron chi connectivity index (χ4n) is 2.00. The molecule has 0 unspecified atom stereocenters. The highest BCUT2D eigenvalue weighted by Gasteiger charge is 2.08. The molecule has 5 heteroatoms. The number of nitrogens with one attached hydrogen (secondary N) is 2. The van der Waals surface area contributed by atoms with E-state index >= 15 is 0 Å². The molecule has 0 aliphatic rings. The normalized spacial score (nSPS) is 10.8. The molecular formula is C16H22N4O. The van der Waals surface area contributed by atoms with E-state index in [0.29, 0.717) is 12.5 Å². The maximum atomic E-state index is 12.0. The second-order valence-electron chi connectivity index (χ2n) is 5.41. The summed E-state index contributed by atoms with van der Waals surface area (Å²) in [4.78, 5) is 16.3. The Balaban J connectivity index is 1.88. The molecule has 2 rings (SSSR count). The summed E-state index contributed by atoms with van der Waals surface area (Å²) in [5, 5.41) is 6.21. The number of anilines is 1. The largest absolute Gasteiger partial charge is 0.325 e. The average molecular weight is 286 g/mol. The Hall–Kier alpha value is -2.14. The highest BCUT2D eigenvalue weighted by Crippen LogP contribution is 2.06. The van der Waals surface area contributed by atoms with Crippen LogP contribution in [-0.4, -0.2) is 22.0 Å². The number of nitrogens with zero attached hydrogens (tertiary/aromatic N) is 2. The van der Waals surface area contributed by atoms with Gasteiger partial charge in [0.05, 0.1) is 6.54 Å². The number of benzene rings is 1. The van der Waals surface area contributed by atoms with Crippen molar-refractivity contribution in [1.82, 2.24) is 14.9 Å². The molecule has 0 aliphatic carbocycles. The SMILES string of the molecule is CC(C)CNCc1nccn1CC(=O)Nc1ccccc1. The van der Waals surface area contributed by atoms with Gasteiger partial charge in [0.1, 0.15) is 12.4 Å². The maximum Gasteiger partial charge on any atom is 0.244 e. The maximum absolute atomic E-state index is 12.0. The second-order valence-corrected chi connectivity index (χ2v) is 5.41. The zero-order valence-corrected chi connectivity index (χ0v) is 12.5. The lowest BCUT2D eigenvalue weighted by Gasteiger charge is -2.10. The molecule has 0 saturated carbocycles. The van der Waals surface area contributed by atoms with E-state index in [4.69, 9.17) is 0 Å². The Morgan fingerprint density at radius 3 is 2.76 bits per heavy atom. The minimum Gasteiger partial charge on any atom is -0.325 e. The molecule has 1 heterocycles. The smallest absolute Gasteiger partial charge is 0.244 e. The summed E-state index contributed by atoms with van der Waals surface area (Å²) in [5.41, 5.74) is 0.807. The van der Waals surface area contributed by atoms with Crippen molar-refractivity contribution in [2.24, 2.45) is 5.92 Å². The number of hydrogen-bond donors (Lipinski definition) is 2. The van der Waals surface area contributed by atoms with E-state index in [1.807, 2.05) is 41.1 Å². The van der Waals surface area contributed by atoms with Crippen LogP contribution < -0.4 is 10.6 Å². The van der Waals surface area contributed by atoms with Crippen molar-refractivity contribution in [2.75, 3.05) is 11.9 Å². The second kappa shape index (κ2) is 7.59. The molecule has 0 fully saturated rings. The van der Waals surface area contributed by atoms with Crippen molar-refractivity contribution in [3.63, 3.8) is 0 Å². The summed E-state index contributed by atoms with van der Waals surface area (Å²) >= 11 is 0. The third-order valence-electron chi connectivity index (χ3n) is 3.01. The molecule has 0 bridgehead atoms. The van der Waals surface area contributed by atoms with E-state index in [-0.39, 0.29) is 12.5 Å². The van der Waals surface area contributed by atoms with Crippen molar-refractivity contribution < 1.29 is 4.79 Å². The summed E-state index contributed by atoms with van der Waals surface area (Å²) in [6, 6.07) is 9.46. The van der Waals surface area contributed by atoms with Crippen LogP contribution in [0.15, 0.2) is 42.7 Å². The van der Waals surface area contributed by atoms with Crippen LogP contribution in [0.25, 0.3) is 0 Å². The Kier molecular flexibility index (Phi) is 5.51. The summed E-state index contributed by atoms with van der Waals surface area (Å²) in [7, 11) is 0. The Labute approximate surface area is 125 Å². The molecule has 0 atom stereocenters. The molecular weight excluding hydrogens is 264 g/mol. The van der Waals surface area contributed by atoms with Crippen molar-refractivity contribution in [2.45, 2.75) is 26.9 Å². The summed E-state index contributed by atoms with van der Waals surface area (Å²) in [5.74, 6) is 1.41. The first-order chi connectivity index (χ1) is 10.1. The average Bonchev–Trinajstić information content (AvgIpc) is 2.87. The van der Waals surface area contributed by atoms with Crippen molar-refractivity contribution in [3.05, 3.63) is 48.5 Å². The lowest BCUT2D eigenvalue weighted by Crippen LogP contribution is -2.24. The number of carbonyl (C=O) groups is 1. The Morgan fingerprint density at radius 2 is 2.05 bits per heavy atom. The van der Waals surface area contributed by atoms with Gasteiger partial charge in [-0.05, 0) is 24.6 Å². The predicted octanol–water partition coefficient (Wildman–Crippen LogP) is 2.27. The van der Waals surface area contributed by atoms with Gasteiger partial charge in [-0.1, -0.05) is 32.0 Å². The quantitative estimate of drug-likeness (QED) is 0.821. The molecule has 2 aromatic rings. The van der Waals surface area contributed by atoms with Crippen molar-refractivity contribution in [3.8, 4) is 0 Å². The molecule has 1 amide bonds.